The fourth-order valence-corrected chi connectivity index (χ4v) is 3.90. The van der Waals surface area contributed by atoms with E-state index in [1.165, 1.54) is 0 Å². The third-order valence-corrected chi connectivity index (χ3v) is 5.13. The van der Waals surface area contributed by atoms with Gasteiger partial charge in [-0.2, -0.15) is 0 Å². The zero-order valence-corrected chi connectivity index (χ0v) is 14.9. The van der Waals surface area contributed by atoms with Crippen molar-refractivity contribution < 1.29 is 14.3 Å². The minimum absolute atomic E-state index is 0.0677. The summed E-state index contributed by atoms with van der Waals surface area (Å²) in [6.45, 7) is 3.54. The number of hydrogen-bond acceptors (Lipinski definition) is 5. The second-order valence-electron chi connectivity index (χ2n) is 6.72. The molecule has 3 aliphatic rings. The molecule has 27 heavy (non-hydrogen) atoms. The van der Waals surface area contributed by atoms with Crippen LogP contribution in [0.25, 0.3) is 0 Å². The number of benzene rings is 2. The molecule has 1 amide bonds. The molecule has 5 rings (SSSR count). The van der Waals surface area contributed by atoms with Crippen LogP contribution in [0.2, 0.25) is 0 Å². The number of fused-ring (bicyclic) bond motifs is 2. The van der Waals surface area contributed by atoms with Crippen molar-refractivity contribution in [3.63, 3.8) is 0 Å². The van der Waals surface area contributed by atoms with Crippen molar-refractivity contribution in [1.82, 2.24) is 5.32 Å². The van der Waals surface area contributed by atoms with Crippen LogP contribution in [-0.4, -0.2) is 31.5 Å². The number of anilines is 1. The van der Waals surface area contributed by atoms with Gasteiger partial charge in [0.15, 0.2) is 11.5 Å². The molecule has 3 heterocycles. The highest BCUT2D eigenvalue weighted by atomic mass is 16.7. The van der Waals surface area contributed by atoms with Gasteiger partial charge in [-0.3, -0.25) is 14.7 Å². The first-order valence-corrected chi connectivity index (χ1v) is 9.01. The molecule has 1 atom stereocenters. The van der Waals surface area contributed by atoms with Crippen LogP contribution >= 0.6 is 0 Å². The van der Waals surface area contributed by atoms with Gasteiger partial charge in [-0.05, 0) is 36.8 Å². The molecule has 0 aliphatic carbocycles. The third kappa shape index (κ3) is 2.48. The van der Waals surface area contributed by atoms with Gasteiger partial charge in [0.2, 0.25) is 6.79 Å². The predicted molar refractivity (Wildman–Crippen MR) is 102 cm³/mol. The molecule has 1 unspecified atom stereocenters. The van der Waals surface area contributed by atoms with Gasteiger partial charge in [-0.25, -0.2) is 0 Å². The molecule has 0 saturated carbocycles. The van der Waals surface area contributed by atoms with Crippen molar-refractivity contribution in [3.05, 3.63) is 65.4 Å². The average molecular weight is 361 g/mol. The Bertz CT molecular complexity index is 981. The third-order valence-electron chi connectivity index (χ3n) is 5.13. The van der Waals surface area contributed by atoms with Gasteiger partial charge in [0.25, 0.3) is 5.91 Å². The molecule has 3 aliphatic heterocycles. The van der Waals surface area contributed by atoms with Crippen molar-refractivity contribution in [2.24, 2.45) is 4.99 Å². The molecule has 6 heteroatoms. The van der Waals surface area contributed by atoms with E-state index in [1.54, 1.807) is 0 Å². The topological polar surface area (TPSA) is 63.2 Å². The summed E-state index contributed by atoms with van der Waals surface area (Å²) < 4.78 is 11.0. The number of allylic oxidation sites excluding steroid dienone is 1. The van der Waals surface area contributed by atoms with Crippen molar-refractivity contribution >= 4 is 17.3 Å². The summed E-state index contributed by atoms with van der Waals surface area (Å²) in [5, 5.41) is 3.39. The Morgan fingerprint density at radius 1 is 1.11 bits per heavy atom. The number of amides is 1. The van der Waals surface area contributed by atoms with E-state index in [-0.39, 0.29) is 18.7 Å². The molecule has 0 bridgehead atoms. The number of ether oxygens (including phenoxy) is 2. The Balaban J connectivity index is 1.71. The summed E-state index contributed by atoms with van der Waals surface area (Å²) in [5.74, 6) is 1.37. The molecule has 0 spiro atoms. The fourth-order valence-electron chi connectivity index (χ4n) is 3.90. The van der Waals surface area contributed by atoms with Gasteiger partial charge in [0.05, 0.1) is 12.6 Å². The first-order valence-electron chi connectivity index (χ1n) is 9.01. The van der Waals surface area contributed by atoms with Crippen molar-refractivity contribution in [1.29, 1.82) is 0 Å². The lowest BCUT2D eigenvalue weighted by Gasteiger charge is -2.26. The van der Waals surface area contributed by atoms with Gasteiger partial charge < -0.3 is 14.8 Å². The van der Waals surface area contributed by atoms with Gasteiger partial charge >= 0.3 is 0 Å². The lowest BCUT2D eigenvalue weighted by molar-refractivity contribution is -0.112. The van der Waals surface area contributed by atoms with Crippen LogP contribution in [0.15, 0.2) is 64.8 Å². The normalized spacial score (nSPS) is 20.9. The summed E-state index contributed by atoms with van der Waals surface area (Å²) in [5.41, 5.74) is 4.28. The number of aliphatic imine (C=N–C) groups is 1. The number of carbonyl (C=O) groups is 1. The van der Waals surface area contributed by atoms with E-state index < -0.39 is 0 Å². The van der Waals surface area contributed by atoms with Gasteiger partial charge in [-0.1, -0.05) is 24.3 Å². The van der Waals surface area contributed by atoms with E-state index in [4.69, 9.17) is 9.47 Å². The first kappa shape index (κ1) is 15.9. The predicted octanol–water partition coefficient (Wildman–Crippen LogP) is 2.82. The number of hydrogen-bond donors (Lipinski definition) is 1. The number of nitrogens with one attached hydrogen (secondary N) is 1. The molecule has 136 valence electrons. The van der Waals surface area contributed by atoms with Crippen LogP contribution in [0, 0.1) is 0 Å². The van der Waals surface area contributed by atoms with E-state index in [0.717, 1.165) is 34.8 Å². The summed E-state index contributed by atoms with van der Waals surface area (Å²) in [6, 6.07) is 15.3. The Morgan fingerprint density at radius 2 is 1.93 bits per heavy atom. The summed E-state index contributed by atoms with van der Waals surface area (Å²) in [4.78, 5) is 19.7. The Hall–Kier alpha value is -3.28. The van der Waals surface area contributed by atoms with Crippen LogP contribution in [0.4, 0.5) is 5.69 Å². The second-order valence-corrected chi connectivity index (χ2v) is 6.72. The highest BCUT2D eigenvalue weighted by Gasteiger charge is 2.44. The van der Waals surface area contributed by atoms with Crippen LogP contribution in [0.1, 0.15) is 18.5 Å². The fraction of sp³-hybridized carbons (Fsp3) is 0.238. The molecular weight excluding hydrogens is 342 g/mol. The van der Waals surface area contributed by atoms with Crippen LogP contribution in [0.3, 0.4) is 0 Å². The Labute approximate surface area is 157 Å². The average Bonchev–Trinajstić information content (AvgIpc) is 3.21. The van der Waals surface area contributed by atoms with Crippen molar-refractivity contribution in [3.8, 4) is 11.5 Å². The Kier molecular flexibility index (Phi) is 3.63. The lowest BCUT2D eigenvalue weighted by atomic mass is 9.96. The minimum atomic E-state index is -0.265. The molecule has 6 nitrogen and oxygen atoms in total. The smallest absolute Gasteiger partial charge is 0.277 e. The first-order chi connectivity index (χ1) is 13.2. The van der Waals surface area contributed by atoms with E-state index >= 15 is 0 Å². The summed E-state index contributed by atoms with van der Waals surface area (Å²) in [6.07, 6.45) is 0. The van der Waals surface area contributed by atoms with Crippen molar-refractivity contribution in [2.45, 2.75) is 13.0 Å². The lowest BCUT2D eigenvalue weighted by Crippen LogP contribution is -2.30. The standard InChI is InChI=1S/C21H19N3O3/c1-13-18-19(23-10-9-22-13)21(25)24(15-5-3-2-4-6-15)20(18)14-7-8-16-17(11-14)27-12-26-16/h2-8,11,20,22H,9-10,12H2,1H3. The number of carbonyl (C=O) groups excluding carboxylic acids is 1. The zero-order valence-electron chi connectivity index (χ0n) is 14.9. The monoisotopic (exact) mass is 361 g/mol. The highest BCUT2D eigenvalue weighted by Crippen LogP contribution is 2.44. The summed E-state index contributed by atoms with van der Waals surface area (Å²) >= 11 is 0. The van der Waals surface area contributed by atoms with Crippen molar-refractivity contribution in [2.75, 3.05) is 24.8 Å². The van der Waals surface area contributed by atoms with Gasteiger partial charge in [-0.15, -0.1) is 0 Å². The number of rotatable bonds is 2. The molecule has 0 radical (unpaired) electrons. The molecule has 0 aromatic heterocycles. The van der Waals surface area contributed by atoms with Crippen LogP contribution in [0.5, 0.6) is 11.5 Å². The van der Waals surface area contributed by atoms with E-state index in [2.05, 4.69) is 10.3 Å². The minimum Gasteiger partial charge on any atom is -0.454 e. The second kappa shape index (κ2) is 6.16. The molecule has 2 aromatic carbocycles. The van der Waals surface area contributed by atoms with Gasteiger partial charge in [0.1, 0.15) is 5.71 Å². The molecular formula is C21H19N3O3. The maximum atomic E-state index is 13.3. The SMILES string of the molecule is CC1=C2C(=NCCN1)C(=O)N(c1ccccc1)C2c1ccc2c(c1)OCO2. The molecule has 2 aromatic rings. The molecule has 1 fully saturated rings. The van der Waals surface area contributed by atoms with Crippen LogP contribution < -0.4 is 19.7 Å². The Morgan fingerprint density at radius 3 is 2.78 bits per heavy atom. The molecule has 1 N–H and O–H groups in total. The van der Waals surface area contributed by atoms with E-state index in [9.17, 15) is 4.79 Å². The largest absolute Gasteiger partial charge is 0.454 e. The molecule has 1 saturated heterocycles. The number of nitrogens with zero attached hydrogens (tertiary/aromatic N) is 2. The summed E-state index contributed by atoms with van der Waals surface area (Å²) in [7, 11) is 0. The highest BCUT2D eigenvalue weighted by molar-refractivity contribution is 6.53. The zero-order chi connectivity index (χ0) is 18.4. The quantitative estimate of drug-likeness (QED) is 0.893. The maximum absolute atomic E-state index is 13.3. The van der Waals surface area contributed by atoms with E-state index in [1.807, 2.05) is 60.4 Å². The van der Waals surface area contributed by atoms with Crippen LogP contribution in [-0.2, 0) is 4.79 Å². The van der Waals surface area contributed by atoms with Gasteiger partial charge in [0, 0.05) is 23.5 Å². The maximum Gasteiger partial charge on any atom is 0.277 e. The van der Waals surface area contributed by atoms with E-state index in [0.29, 0.717) is 18.0 Å². The number of para-hydroxylation sites is 1.